The van der Waals surface area contributed by atoms with Crippen molar-refractivity contribution in [2.24, 2.45) is 5.92 Å². The van der Waals surface area contributed by atoms with Crippen molar-refractivity contribution in [2.45, 2.75) is 25.9 Å². The predicted molar refractivity (Wildman–Crippen MR) is 100 cm³/mol. The third-order valence-electron chi connectivity index (χ3n) is 4.98. The molecule has 2 aromatic carbocycles. The number of fused-ring (bicyclic) bond motifs is 2. The van der Waals surface area contributed by atoms with E-state index in [1.54, 1.807) is 0 Å². The fraction of sp³-hybridized carbons (Fsp3) is 0.273. The van der Waals surface area contributed by atoms with Crippen molar-refractivity contribution in [3.8, 4) is 5.75 Å². The van der Waals surface area contributed by atoms with Crippen LogP contribution in [0.15, 0.2) is 54.6 Å². The van der Waals surface area contributed by atoms with Crippen molar-refractivity contribution in [3.05, 3.63) is 71.4 Å². The largest absolute Gasteiger partial charge is 0.487 e. The second kappa shape index (κ2) is 7.16. The van der Waals surface area contributed by atoms with Crippen LogP contribution in [-0.2, 0) is 29.0 Å². The van der Waals surface area contributed by atoms with E-state index in [9.17, 15) is 4.79 Å². The smallest absolute Gasteiger partial charge is 0.309 e. The molecule has 0 aliphatic heterocycles. The Kier molecular flexibility index (Phi) is 4.57. The summed E-state index contributed by atoms with van der Waals surface area (Å²) in [6.45, 7) is 0.439. The molecule has 1 heterocycles. The molecule has 3 aromatic rings. The molecule has 0 fully saturated rings. The molecule has 1 aliphatic rings. The summed E-state index contributed by atoms with van der Waals surface area (Å²) in [6, 6.07) is 18.3. The normalized spacial score (nSPS) is 16.1. The molecule has 0 saturated heterocycles. The number of methoxy groups -OCH3 is 1. The SMILES string of the molecule is COC(=O)C1CCc2cc(OCc3ccc4ccccc4n3)ccc2C1. The number of carbonyl (C=O) groups is 1. The van der Waals surface area contributed by atoms with E-state index in [4.69, 9.17) is 9.47 Å². The van der Waals surface area contributed by atoms with E-state index in [2.05, 4.69) is 29.2 Å². The van der Waals surface area contributed by atoms with Gasteiger partial charge in [-0.3, -0.25) is 4.79 Å². The van der Waals surface area contributed by atoms with E-state index in [0.29, 0.717) is 6.61 Å². The fourth-order valence-corrected chi connectivity index (χ4v) is 3.53. The molecule has 0 N–H and O–H groups in total. The van der Waals surface area contributed by atoms with E-state index in [1.807, 2.05) is 30.3 Å². The maximum absolute atomic E-state index is 11.7. The molecule has 0 amide bonds. The molecule has 132 valence electrons. The molecule has 4 rings (SSSR count). The number of aromatic nitrogens is 1. The molecule has 0 spiro atoms. The van der Waals surface area contributed by atoms with Gasteiger partial charge in [0.25, 0.3) is 0 Å². The standard InChI is InChI=1S/C22H21NO3/c1-25-22(24)18-7-6-17-13-20(11-9-16(17)12-18)26-14-19-10-8-15-4-2-3-5-21(15)23-19/h2-5,8-11,13,18H,6-7,12,14H2,1H3. The van der Waals surface area contributed by atoms with Crippen LogP contribution in [0, 0.1) is 5.92 Å². The van der Waals surface area contributed by atoms with E-state index in [0.717, 1.165) is 41.6 Å². The highest BCUT2D eigenvalue weighted by atomic mass is 16.5. The van der Waals surface area contributed by atoms with Crippen LogP contribution in [0.3, 0.4) is 0 Å². The van der Waals surface area contributed by atoms with Gasteiger partial charge in [-0.05, 0) is 54.7 Å². The lowest BCUT2D eigenvalue weighted by Gasteiger charge is -2.23. The minimum atomic E-state index is -0.113. The Balaban J connectivity index is 1.45. The number of aryl methyl sites for hydroxylation is 1. The lowest BCUT2D eigenvalue weighted by Crippen LogP contribution is -2.23. The number of ether oxygens (including phenoxy) is 2. The highest BCUT2D eigenvalue weighted by Crippen LogP contribution is 2.29. The molecule has 1 unspecified atom stereocenters. The molecule has 1 aliphatic carbocycles. The molecule has 26 heavy (non-hydrogen) atoms. The van der Waals surface area contributed by atoms with Crippen LogP contribution in [0.1, 0.15) is 23.2 Å². The van der Waals surface area contributed by atoms with Crippen LogP contribution < -0.4 is 4.74 Å². The zero-order chi connectivity index (χ0) is 17.9. The number of carbonyl (C=O) groups excluding carboxylic acids is 1. The first-order chi connectivity index (χ1) is 12.7. The Hall–Kier alpha value is -2.88. The zero-order valence-corrected chi connectivity index (χ0v) is 14.8. The van der Waals surface area contributed by atoms with Crippen molar-refractivity contribution in [1.29, 1.82) is 0 Å². The van der Waals surface area contributed by atoms with Gasteiger partial charge in [-0.15, -0.1) is 0 Å². The number of benzene rings is 2. The molecule has 4 nitrogen and oxygen atoms in total. The highest BCUT2D eigenvalue weighted by Gasteiger charge is 2.25. The maximum atomic E-state index is 11.7. The molecule has 0 radical (unpaired) electrons. The minimum absolute atomic E-state index is 0.0268. The third kappa shape index (κ3) is 3.40. The number of hydrogen-bond donors (Lipinski definition) is 0. The highest BCUT2D eigenvalue weighted by molar-refractivity contribution is 5.78. The van der Waals surface area contributed by atoms with Crippen molar-refractivity contribution in [2.75, 3.05) is 7.11 Å². The number of hydrogen-bond acceptors (Lipinski definition) is 4. The lowest BCUT2D eigenvalue weighted by atomic mass is 9.84. The van der Waals surface area contributed by atoms with Crippen molar-refractivity contribution >= 4 is 16.9 Å². The third-order valence-corrected chi connectivity index (χ3v) is 4.98. The molecule has 1 atom stereocenters. The van der Waals surface area contributed by atoms with Gasteiger partial charge in [0.05, 0.1) is 24.2 Å². The monoisotopic (exact) mass is 347 g/mol. The van der Waals surface area contributed by atoms with Gasteiger partial charge in [0.1, 0.15) is 12.4 Å². The van der Waals surface area contributed by atoms with Gasteiger partial charge in [-0.2, -0.15) is 0 Å². The van der Waals surface area contributed by atoms with Crippen molar-refractivity contribution in [1.82, 2.24) is 4.98 Å². The summed E-state index contributed by atoms with van der Waals surface area (Å²) in [5, 5.41) is 1.13. The van der Waals surface area contributed by atoms with Gasteiger partial charge in [0.2, 0.25) is 0 Å². The van der Waals surface area contributed by atoms with E-state index in [-0.39, 0.29) is 11.9 Å². The molecular formula is C22H21NO3. The van der Waals surface area contributed by atoms with Crippen LogP contribution in [0.5, 0.6) is 5.75 Å². The number of esters is 1. The molecule has 1 aromatic heterocycles. The van der Waals surface area contributed by atoms with Crippen molar-refractivity contribution in [3.63, 3.8) is 0 Å². The van der Waals surface area contributed by atoms with Gasteiger partial charge in [0.15, 0.2) is 0 Å². The summed E-state index contributed by atoms with van der Waals surface area (Å²) in [5.74, 6) is 0.703. The van der Waals surface area contributed by atoms with E-state index in [1.165, 1.54) is 18.2 Å². The second-order valence-corrected chi connectivity index (χ2v) is 6.68. The summed E-state index contributed by atoms with van der Waals surface area (Å²) in [7, 11) is 1.45. The summed E-state index contributed by atoms with van der Waals surface area (Å²) in [6.07, 6.45) is 2.45. The first-order valence-corrected chi connectivity index (χ1v) is 8.90. The maximum Gasteiger partial charge on any atom is 0.309 e. The Bertz CT molecular complexity index is 951. The summed E-state index contributed by atoms with van der Waals surface area (Å²) >= 11 is 0. The van der Waals surface area contributed by atoms with Gasteiger partial charge in [0, 0.05) is 5.39 Å². The molecule has 0 bridgehead atoms. The number of para-hydroxylation sites is 1. The first-order valence-electron chi connectivity index (χ1n) is 8.90. The van der Waals surface area contributed by atoms with Crippen LogP contribution in [0.2, 0.25) is 0 Å². The van der Waals surface area contributed by atoms with Gasteiger partial charge in [-0.1, -0.05) is 30.3 Å². The zero-order valence-electron chi connectivity index (χ0n) is 14.8. The van der Waals surface area contributed by atoms with Gasteiger partial charge < -0.3 is 9.47 Å². The van der Waals surface area contributed by atoms with Crippen LogP contribution in [-0.4, -0.2) is 18.1 Å². The second-order valence-electron chi connectivity index (χ2n) is 6.68. The summed E-state index contributed by atoms with van der Waals surface area (Å²) in [4.78, 5) is 16.4. The average molecular weight is 347 g/mol. The Labute approximate surface area is 152 Å². The first kappa shape index (κ1) is 16.6. The van der Waals surface area contributed by atoms with Crippen LogP contribution in [0.4, 0.5) is 0 Å². The predicted octanol–water partition coefficient (Wildman–Crippen LogP) is 4.09. The molecule has 0 saturated carbocycles. The van der Waals surface area contributed by atoms with E-state index < -0.39 is 0 Å². The van der Waals surface area contributed by atoms with Crippen LogP contribution in [0.25, 0.3) is 10.9 Å². The minimum Gasteiger partial charge on any atom is -0.487 e. The number of pyridine rings is 1. The van der Waals surface area contributed by atoms with Gasteiger partial charge >= 0.3 is 5.97 Å². The molecular weight excluding hydrogens is 326 g/mol. The number of rotatable bonds is 4. The Morgan fingerprint density at radius 3 is 2.88 bits per heavy atom. The Morgan fingerprint density at radius 1 is 1.12 bits per heavy atom. The topological polar surface area (TPSA) is 48.4 Å². The fourth-order valence-electron chi connectivity index (χ4n) is 3.53. The van der Waals surface area contributed by atoms with E-state index >= 15 is 0 Å². The van der Waals surface area contributed by atoms with Crippen molar-refractivity contribution < 1.29 is 14.3 Å². The summed E-state index contributed by atoms with van der Waals surface area (Å²) < 4.78 is 10.8. The average Bonchev–Trinajstić information content (AvgIpc) is 2.71. The van der Waals surface area contributed by atoms with Gasteiger partial charge in [-0.25, -0.2) is 4.98 Å². The van der Waals surface area contributed by atoms with Crippen LogP contribution >= 0.6 is 0 Å². The molecule has 4 heteroatoms. The number of nitrogens with zero attached hydrogens (tertiary/aromatic N) is 1. The quantitative estimate of drug-likeness (QED) is 0.667. The summed E-state index contributed by atoms with van der Waals surface area (Å²) in [5.41, 5.74) is 4.36. The lowest BCUT2D eigenvalue weighted by molar-refractivity contribution is -0.145. The Morgan fingerprint density at radius 2 is 2.00 bits per heavy atom.